The molecule has 0 aliphatic rings. The highest BCUT2D eigenvalue weighted by molar-refractivity contribution is 9.10. The number of benzene rings is 2. The standard InChI is InChI=1S/C18H17BrN2OS/c1-3-21(15-8-10-16(22-2)11-9-15)18-20-17(12-23-18)13-4-6-14(19)7-5-13/h4-12H,3H2,1-2H3. The Morgan fingerprint density at radius 3 is 2.39 bits per heavy atom. The largest absolute Gasteiger partial charge is 0.497 e. The van der Waals surface area contributed by atoms with E-state index in [1.807, 2.05) is 24.3 Å². The van der Waals surface area contributed by atoms with E-state index in [1.54, 1.807) is 18.4 Å². The topological polar surface area (TPSA) is 25.4 Å². The molecule has 0 aliphatic carbocycles. The number of nitrogens with zero attached hydrogens (tertiary/aromatic N) is 2. The molecular formula is C18H17BrN2OS. The van der Waals surface area contributed by atoms with Crippen LogP contribution in [0.4, 0.5) is 10.8 Å². The van der Waals surface area contributed by atoms with Crippen LogP contribution in [0.1, 0.15) is 6.92 Å². The number of hydrogen-bond acceptors (Lipinski definition) is 4. The van der Waals surface area contributed by atoms with Crippen molar-refractivity contribution in [3.8, 4) is 17.0 Å². The van der Waals surface area contributed by atoms with Gasteiger partial charge in [-0.25, -0.2) is 4.98 Å². The molecule has 0 saturated carbocycles. The third kappa shape index (κ3) is 3.57. The van der Waals surface area contributed by atoms with Gasteiger partial charge in [0, 0.05) is 27.6 Å². The lowest BCUT2D eigenvalue weighted by molar-refractivity contribution is 0.415. The Morgan fingerprint density at radius 2 is 1.78 bits per heavy atom. The van der Waals surface area contributed by atoms with Crippen LogP contribution >= 0.6 is 27.3 Å². The van der Waals surface area contributed by atoms with E-state index in [2.05, 4.69) is 57.4 Å². The van der Waals surface area contributed by atoms with E-state index < -0.39 is 0 Å². The first-order valence-corrected chi connectivity index (χ1v) is 9.01. The molecule has 0 unspecified atom stereocenters. The summed E-state index contributed by atoms with van der Waals surface area (Å²) >= 11 is 5.12. The molecule has 0 atom stereocenters. The van der Waals surface area contributed by atoms with Crippen molar-refractivity contribution >= 4 is 38.1 Å². The molecule has 1 aromatic heterocycles. The summed E-state index contributed by atoms with van der Waals surface area (Å²) in [6.45, 7) is 2.99. The van der Waals surface area contributed by atoms with Gasteiger partial charge in [0.2, 0.25) is 0 Å². The minimum atomic E-state index is 0.861. The van der Waals surface area contributed by atoms with Crippen LogP contribution in [0.3, 0.4) is 0 Å². The summed E-state index contributed by atoms with van der Waals surface area (Å²) in [7, 11) is 1.68. The van der Waals surface area contributed by atoms with Crippen LogP contribution in [0.2, 0.25) is 0 Å². The monoisotopic (exact) mass is 388 g/mol. The Kier molecular flexibility index (Phi) is 4.98. The molecule has 0 spiro atoms. The fourth-order valence-corrected chi connectivity index (χ4v) is 3.51. The van der Waals surface area contributed by atoms with E-state index in [9.17, 15) is 0 Å². The third-order valence-electron chi connectivity index (χ3n) is 3.56. The number of methoxy groups -OCH3 is 1. The highest BCUT2D eigenvalue weighted by Gasteiger charge is 2.12. The maximum Gasteiger partial charge on any atom is 0.190 e. The molecule has 3 nitrogen and oxygen atoms in total. The molecule has 0 bridgehead atoms. The van der Waals surface area contributed by atoms with E-state index in [0.717, 1.165) is 38.8 Å². The van der Waals surface area contributed by atoms with Crippen LogP contribution in [0.15, 0.2) is 58.4 Å². The Balaban J connectivity index is 1.88. The maximum absolute atomic E-state index is 5.22. The molecule has 0 N–H and O–H groups in total. The molecule has 0 radical (unpaired) electrons. The van der Waals surface area contributed by atoms with Gasteiger partial charge in [-0.1, -0.05) is 28.1 Å². The number of rotatable bonds is 5. The zero-order valence-corrected chi connectivity index (χ0v) is 15.4. The lowest BCUT2D eigenvalue weighted by atomic mass is 10.2. The van der Waals surface area contributed by atoms with Gasteiger partial charge in [-0.3, -0.25) is 0 Å². The lowest BCUT2D eigenvalue weighted by Gasteiger charge is -2.20. The second-order valence-electron chi connectivity index (χ2n) is 4.96. The third-order valence-corrected chi connectivity index (χ3v) is 4.96. The van der Waals surface area contributed by atoms with Gasteiger partial charge in [0.15, 0.2) is 5.13 Å². The van der Waals surface area contributed by atoms with Crippen molar-refractivity contribution in [3.63, 3.8) is 0 Å². The second kappa shape index (κ2) is 7.15. The summed E-state index contributed by atoms with van der Waals surface area (Å²) in [6, 6.07) is 16.3. The number of hydrogen-bond donors (Lipinski definition) is 0. The van der Waals surface area contributed by atoms with Crippen molar-refractivity contribution in [1.82, 2.24) is 4.98 Å². The van der Waals surface area contributed by atoms with Crippen LogP contribution in [0.5, 0.6) is 5.75 Å². The summed E-state index contributed by atoms with van der Waals surface area (Å²) < 4.78 is 6.30. The average Bonchev–Trinajstić information content (AvgIpc) is 3.06. The van der Waals surface area contributed by atoms with Gasteiger partial charge in [0.05, 0.1) is 12.8 Å². The molecular weight excluding hydrogens is 372 g/mol. The first-order chi connectivity index (χ1) is 11.2. The molecule has 0 saturated heterocycles. The summed E-state index contributed by atoms with van der Waals surface area (Å²) in [5.41, 5.74) is 3.25. The molecule has 2 aromatic carbocycles. The minimum Gasteiger partial charge on any atom is -0.497 e. The molecule has 1 heterocycles. The Labute approximate surface area is 148 Å². The van der Waals surface area contributed by atoms with Crippen LogP contribution in [0, 0.1) is 0 Å². The Hall–Kier alpha value is -1.85. The SMILES string of the molecule is CCN(c1ccc(OC)cc1)c1nc(-c2ccc(Br)cc2)cs1. The smallest absolute Gasteiger partial charge is 0.190 e. The van der Waals surface area contributed by atoms with E-state index in [-0.39, 0.29) is 0 Å². The normalized spacial score (nSPS) is 10.6. The number of aromatic nitrogens is 1. The fraction of sp³-hybridized carbons (Fsp3) is 0.167. The van der Waals surface area contributed by atoms with Crippen LogP contribution in [-0.4, -0.2) is 18.6 Å². The average molecular weight is 389 g/mol. The second-order valence-corrected chi connectivity index (χ2v) is 6.72. The van der Waals surface area contributed by atoms with Crippen LogP contribution in [0.25, 0.3) is 11.3 Å². The maximum atomic E-state index is 5.22. The van der Waals surface area contributed by atoms with Crippen molar-refractivity contribution in [1.29, 1.82) is 0 Å². The van der Waals surface area contributed by atoms with Crippen molar-refractivity contribution in [2.24, 2.45) is 0 Å². The van der Waals surface area contributed by atoms with E-state index in [1.165, 1.54) is 0 Å². The summed E-state index contributed by atoms with van der Waals surface area (Å²) in [6.07, 6.45) is 0. The van der Waals surface area contributed by atoms with Gasteiger partial charge in [0.1, 0.15) is 5.75 Å². The molecule has 5 heteroatoms. The van der Waals surface area contributed by atoms with Gasteiger partial charge in [-0.15, -0.1) is 11.3 Å². The molecule has 0 amide bonds. The van der Waals surface area contributed by atoms with Crippen LogP contribution < -0.4 is 9.64 Å². The number of halogens is 1. The molecule has 118 valence electrons. The van der Waals surface area contributed by atoms with E-state index in [4.69, 9.17) is 9.72 Å². The first-order valence-electron chi connectivity index (χ1n) is 7.34. The number of anilines is 2. The molecule has 0 fully saturated rings. The van der Waals surface area contributed by atoms with Crippen LogP contribution in [-0.2, 0) is 0 Å². The van der Waals surface area contributed by atoms with Gasteiger partial charge >= 0.3 is 0 Å². The molecule has 3 rings (SSSR count). The fourth-order valence-electron chi connectivity index (χ4n) is 2.33. The lowest BCUT2D eigenvalue weighted by Crippen LogP contribution is -2.15. The van der Waals surface area contributed by atoms with E-state index in [0.29, 0.717) is 0 Å². The quantitative estimate of drug-likeness (QED) is 0.557. The Bertz CT molecular complexity index is 768. The predicted octanol–water partition coefficient (Wildman–Crippen LogP) is 5.74. The summed E-state index contributed by atoms with van der Waals surface area (Å²) in [5, 5.41) is 3.10. The van der Waals surface area contributed by atoms with Crippen molar-refractivity contribution < 1.29 is 4.74 Å². The van der Waals surface area contributed by atoms with E-state index >= 15 is 0 Å². The first kappa shape index (κ1) is 16.0. The molecule has 0 aliphatic heterocycles. The Morgan fingerprint density at radius 1 is 1.09 bits per heavy atom. The van der Waals surface area contributed by atoms with Gasteiger partial charge < -0.3 is 9.64 Å². The highest BCUT2D eigenvalue weighted by atomic mass is 79.9. The summed E-state index contributed by atoms with van der Waals surface area (Å²) in [5.74, 6) is 0.861. The zero-order chi connectivity index (χ0) is 16.2. The van der Waals surface area contributed by atoms with Crippen molar-refractivity contribution in [2.45, 2.75) is 6.92 Å². The minimum absolute atomic E-state index is 0.861. The van der Waals surface area contributed by atoms with Gasteiger partial charge in [-0.2, -0.15) is 0 Å². The molecule has 23 heavy (non-hydrogen) atoms. The van der Waals surface area contributed by atoms with Gasteiger partial charge in [-0.05, 0) is 43.3 Å². The number of ether oxygens (including phenoxy) is 1. The van der Waals surface area contributed by atoms with Crippen molar-refractivity contribution in [3.05, 3.63) is 58.4 Å². The van der Waals surface area contributed by atoms with Crippen molar-refractivity contribution in [2.75, 3.05) is 18.6 Å². The summed E-state index contributed by atoms with van der Waals surface area (Å²) in [4.78, 5) is 7.00. The number of thiazole rings is 1. The zero-order valence-electron chi connectivity index (χ0n) is 13.0. The van der Waals surface area contributed by atoms with Gasteiger partial charge in [0.25, 0.3) is 0 Å². The predicted molar refractivity (Wildman–Crippen MR) is 101 cm³/mol. The molecule has 3 aromatic rings. The highest BCUT2D eigenvalue weighted by Crippen LogP contribution is 2.33.